The van der Waals surface area contributed by atoms with Crippen LogP contribution in [0.4, 0.5) is 13.2 Å². The summed E-state index contributed by atoms with van der Waals surface area (Å²) >= 11 is 0. The van der Waals surface area contributed by atoms with E-state index in [2.05, 4.69) is 16.9 Å². The molecule has 1 aliphatic heterocycles. The van der Waals surface area contributed by atoms with E-state index in [0.29, 0.717) is 39.6 Å². The first kappa shape index (κ1) is 21.6. The summed E-state index contributed by atoms with van der Waals surface area (Å²) in [6, 6.07) is 11.1. The van der Waals surface area contributed by atoms with Gasteiger partial charge >= 0.3 is 6.18 Å². The van der Waals surface area contributed by atoms with E-state index in [0.717, 1.165) is 31.5 Å². The van der Waals surface area contributed by atoms with E-state index in [9.17, 15) is 13.2 Å². The molecule has 3 aromatic rings. The minimum Gasteiger partial charge on any atom is -0.493 e. The van der Waals surface area contributed by atoms with Gasteiger partial charge in [-0.15, -0.1) is 0 Å². The van der Waals surface area contributed by atoms with Crippen molar-refractivity contribution in [3.05, 3.63) is 47.5 Å². The minimum atomic E-state index is -4.32. The number of piperidine rings is 1. The summed E-state index contributed by atoms with van der Waals surface area (Å²) in [6.45, 7) is 2.00. The predicted molar refractivity (Wildman–Crippen MR) is 116 cm³/mol. The lowest BCUT2D eigenvalue weighted by Crippen LogP contribution is -2.29. The van der Waals surface area contributed by atoms with Gasteiger partial charge in [0.15, 0.2) is 11.5 Å². The molecule has 0 unspecified atom stereocenters. The number of nitrogens with zero attached hydrogens (tertiary/aromatic N) is 1. The van der Waals surface area contributed by atoms with Gasteiger partial charge in [0, 0.05) is 16.5 Å². The first-order chi connectivity index (χ1) is 14.8. The van der Waals surface area contributed by atoms with Crippen LogP contribution in [0.1, 0.15) is 29.9 Å². The average Bonchev–Trinajstić information content (AvgIpc) is 3.10. The van der Waals surface area contributed by atoms with Crippen molar-refractivity contribution in [1.82, 2.24) is 9.88 Å². The summed E-state index contributed by atoms with van der Waals surface area (Å²) < 4.78 is 51.2. The number of nitrogens with one attached hydrogen (secondary N) is 1. The normalized spacial score (nSPS) is 16.1. The third-order valence-corrected chi connectivity index (χ3v) is 6.17. The van der Waals surface area contributed by atoms with E-state index in [1.54, 1.807) is 18.2 Å². The molecule has 166 valence electrons. The first-order valence-corrected chi connectivity index (χ1v) is 10.4. The fourth-order valence-corrected chi connectivity index (χ4v) is 4.48. The van der Waals surface area contributed by atoms with Crippen LogP contribution < -0.4 is 9.47 Å². The van der Waals surface area contributed by atoms with Crippen molar-refractivity contribution < 1.29 is 22.6 Å². The molecule has 0 atom stereocenters. The maximum atomic E-state index is 13.5. The molecule has 0 radical (unpaired) electrons. The zero-order valence-electron chi connectivity index (χ0n) is 18.0. The van der Waals surface area contributed by atoms with Crippen LogP contribution in [0.15, 0.2) is 36.4 Å². The van der Waals surface area contributed by atoms with Crippen molar-refractivity contribution in [1.29, 1.82) is 0 Å². The summed E-state index contributed by atoms with van der Waals surface area (Å²) in [7, 11) is 5.14. The molecule has 0 spiro atoms. The lowest BCUT2D eigenvalue weighted by atomic mass is 9.88. The van der Waals surface area contributed by atoms with Crippen LogP contribution in [0.25, 0.3) is 22.2 Å². The van der Waals surface area contributed by atoms with Crippen molar-refractivity contribution in [2.75, 3.05) is 34.4 Å². The summed E-state index contributed by atoms with van der Waals surface area (Å²) in [5, 5.41) is 0.638. The maximum Gasteiger partial charge on any atom is 0.393 e. The number of hydrogen-bond acceptors (Lipinski definition) is 3. The van der Waals surface area contributed by atoms with Gasteiger partial charge in [-0.1, -0.05) is 6.07 Å². The van der Waals surface area contributed by atoms with E-state index < -0.39 is 12.6 Å². The number of H-pyrrole nitrogens is 1. The molecule has 0 aliphatic carbocycles. The molecule has 0 amide bonds. The Balaban J connectivity index is 1.82. The summed E-state index contributed by atoms with van der Waals surface area (Å²) in [6.07, 6.45) is -3.27. The van der Waals surface area contributed by atoms with Crippen molar-refractivity contribution in [2.24, 2.45) is 0 Å². The Labute approximate surface area is 180 Å². The topological polar surface area (TPSA) is 37.5 Å². The molecule has 1 N–H and O–H groups in total. The molecule has 2 heterocycles. The van der Waals surface area contributed by atoms with Gasteiger partial charge in [-0.05, 0) is 80.4 Å². The second kappa shape index (κ2) is 8.46. The number of methoxy groups -OCH3 is 2. The van der Waals surface area contributed by atoms with Crippen molar-refractivity contribution in [2.45, 2.75) is 31.4 Å². The van der Waals surface area contributed by atoms with E-state index in [-0.39, 0.29) is 5.56 Å². The highest BCUT2D eigenvalue weighted by atomic mass is 19.4. The number of fused-ring (bicyclic) bond motifs is 1. The van der Waals surface area contributed by atoms with Gasteiger partial charge < -0.3 is 19.4 Å². The Morgan fingerprint density at radius 1 is 1.00 bits per heavy atom. The van der Waals surface area contributed by atoms with E-state index in [4.69, 9.17) is 9.47 Å². The van der Waals surface area contributed by atoms with Gasteiger partial charge in [0.1, 0.15) is 0 Å². The number of alkyl halides is 3. The SMILES string of the molecule is COc1ccc(-c2[nH]c3ccc(C4CCN(C)CC4)cc3c2CC(F)(F)F)cc1OC. The highest BCUT2D eigenvalue weighted by Gasteiger charge is 2.32. The van der Waals surface area contributed by atoms with Gasteiger partial charge in [-0.25, -0.2) is 0 Å². The molecule has 4 nitrogen and oxygen atoms in total. The van der Waals surface area contributed by atoms with Gasteiger partial charge in [-0.2, -0.15) is 13.2 Å². The summed E-state index contributed by atoms with van der Waals surface area (Å²) in [5.41, 5.74) is 3.19. The molecule has 2 aromatic carbocycles. The second-order valence-electron chi connectivity index (χ2n) is 8.22. The van der Waals surface area contributed by atoms with Gasteiger partial charge in [0.25, 0.3) is 0 Å². The van der Waals surface area contributed by atoms with E-state index in [1.165, 1.54) is 14.2 Å². The van der Waals surface area contributed by atoms with Crippen LogP contribution in [0.5, 0.6) is 11.5 Å². The summed E-state index contributed by atoms with van der Waals surface area (Å²) in [5.74, 6) is 1.38. The van der Waals surface area contributed by atoms with Gasteiger partial charge in [0.05, 0.1) is 26.3 Å². The molecule has 0 bridgehead atoms. The predicted octanol–water partition coefficient (Wildman–Crippen LogP) is 5.77. The van der Waals surface area contributed by atoms with Crippen LogP contribution in [0.3, 0.4) is 0 Å². The Kier molecular flexibility index (Phi) is 5.88. The van der Waals surface area contributed by atoms with Crippen LogP contribution in [-0.2, 0) is 6.42 Å². The molecular formula is C24H27F3N2O2. The number of hydrogen-bond donors (Lipinski definition) is 1. The highest BCUT2D eigenvalue weighted by Crippen LogP contribution is 2.40. The Morgan fingerprint density at radius 2 is 1.71 bits per heavy atom. The molecule has 7 heteroatoms. The maximum absolute atomic E-state index is 13.5. The van der Waals surface area contributed by atoms with Crippen molar-refractivity contribution in [3.63, 3.8) is 0 Å². The number of benzene rings is 2. The Morgan fingerprint density at radius 3 is 2.35 bits per heavy atom. The summed E-state index contributed by atoms with van der Waals surface area (Å²) in [4.78, 5) is 5.51. The number of aromatic nitrogens is 1. The smallest absolute Gasteiger partial charge is 0.393 e. The van der Waals surface area contributed by atoms with Gasteiger partial charge in [-0.3, -0.25) is 0 Å². The monoisotopic (exact) mass is 432 g/mol. The third-order valence-electron chi connectivity index (χ3n) is 6.17. The largest absolute Gasteiger partial charge is 0.493 e. The number of ether oxygens (including phenoxy) is 2. The molecular weight excluding hydrogens is 405 g/mol. The fraction of sp³-hybridized carbons (Fsp3) is 0.417. The molecule has 31 heavy (non-hydrogen) atoms. The number of halogens is 3. The zero-order chi connectivity index (χ0) is 22.2. The highest BCUT2D eigenvalue weighted by molar-refractivity contribution is 5.91. The van der Waals surface area contributed by atoms with E-state index >= 15 is 0 Å². The number of aromatic amines is 1. The fourth-order valence-electron chi connectivity index (χ4n) is 4.48. The van der Waals surface area contributed by atoms with Crippen LogP contribution in [-0.4, -0.2) is 50.4 Å². The quantitative estimate of drug-likeness (QED) is 0.557. The molecule has 4 rings (SSSR count). The Hall–Kier alpha value is -2.67. The molecule has 1 aliphatic rings. The average molecular weight is 432 g/mol. The second-order valence-corrected chi connectivity index (χ2v) is 8.22. The standard InChI is InChI=1S/C24H27F3N2O2/c1-29-10-8-15(9-11-29)16-4-6-20-18(12-16)19(14-24(25,26)27)23(28-20)17-5-7-21(30-2)22(13-17)31-3/h4-7,12-13,15,28H,8-11,14H2,1-3H3. The first-order valence-electron chi connectivity index (χ1n) is 10.4. The van der Waals surface area contributed by atoms with Crippen LogP contribution in [0.2, 0.25) is 0 Å². The molecule has 0 saturated carbocycles. The lowest BCUT2D eigenvalue weighted by molar-refractivity contribution is -0.126. The van der Waals surface area contributed by atoms with Crippen LogP contribution in [0, 0.1) is 0 Å². The van der Waals surface area contributed by atoms with Crippen molar-refractivity contribution >= 4 is 10.9 Å². The number of likely N-dealkylation sites (tertiary alicyclic amines) is 1. The van der Waals surface area contributed by atoms with Gasteiger partial charge in [0.2, 0.25) is 0 Å². The van der Waals surface area contributed by atoms with E-state index in [1.807, 2.05) is 18.2 Å². The molecule has 1 aromatic heterocycles. The molecule has 1 saturated heterocycles. The Bertz CT molecular complexity index is 1070. The minimum absolute atomic E-state index is 0.268. The molecule has 1 fully saturated rings. The van der Waals surface area contributed by atoms with Crippen LogP contribution >= 0.6 is 0 Å². The zero-order valence-corrected chi connectivity index (χ0v) is 18.0. The number of rotatable bonds is 5. The lowest BCUT2D eigenvalue weighted by Gasteiger charge is -2.29. The van der Waals surface area contributed by atoms with Crippen molar-refractivity contribution in [3.8, 4) is 22.8 Å². The third kappa shape index (κ3) is 4.51.